The number of benzene rings is 2. The standard InChI is InChI=1S/C27H32FN3O6.CH2O2/c1-3-36-17-26(33)30-11-6-12-37-24-13-18(9-10-23(24)35-2)20-14-31(15-22(20)29-25(32)16-30)27(34)19-7-4-5-8-21(19)28;2-1-3/h4-5,7-10,13,20,22H,3,6,11-12,14-17H2,1-2H3,(H,29,32);1H,(H,2,3)/t20-,22+;/m1./s1. The Morgan fingerprint density at radius 3 is 2.65 bits per heavy atom. The second-order valence-corrected chi connectivity index (χ2v) is 9.14. The fraction of sp³-hybridized carbons (Fsp3) is 0.429. The molecule has 0 radical (unpaired) electrons. The molecule has 0 aromatic heterocycles. The molecular formula is C28H34FN3O8. The molecule has 11 nitrogen and oxygen atoms in total. The maximum absolute atomic E-state index is 14.4. The number of halogens is 1. The summed E-state index contributed by atoms with van der Waals surface area (Å²) in [7, 11) is 1.55. The van der Waals surface area contributed by atoms with E-state index in [1.54, 1.807) is 31.1 Å². The van der Waals surface area contributed by atoms with Gasteiger partial charge in [-0.2, -0.15) is 0 Å². The van der Waals surface area contributed by atoms with Crippen LogP contribution in [0.1, 0.15) is 35.2 Å². The Labute approximate surface area is 231 Å². The molecule has 0 unspecified atom stereocenters. The number of fused-ring (bicyclic) bond motifs is 4. The summed E-state index contributed by atoms with van der Waals surface area (Å²) in [6.07, 6.45) is 0.510. The molecule has 1 fully saturated rings. The highest BCUT2D eigenvalue weighted by Gasteiger charge is 2.38. The van der Waals surface area contributed by atoms with Crippen molar-refractivity contribution in [3.8, 4) is 11.5 Å². The Kier molecular flexibility index (Phi) is 11.2. The van der Waals surface area contributed by atoms with Gasteiger partial charge in [0.1, 0.15) is 12.4 Å². The number of carbonyl (C=O) groups excluding carboxylic acids is 3. The summed E-state index contributed by atoms with van der Waals surface area (Å²) < 4.78 is 31.1. The molecule has 2 N–H and O–H groups in total. The van der Waals surface area contributed by atoms with E-state index in [-0.39, 0.29) is 56.0 Å². The third-order valence-electron chi connectivity index (χ3n) is 6.62. The van der Waals surface area contributed by atoms with Crippen molar-refractivity contribution >= 4 is 24.2 Å². The monoisotopic (exact) mass is 559 g/mol. The average molecular weight is 560 g/mol. The van der Waals surface area contributed by atoms with Crippen molar-refractivity contribution in [3.05, 3.63) is 59.4 Å². The van der Waals surface area contributed by atoms with E-state index in [1.807, 2.05) is 12.1 Å². The summed E-state index contributed by atoms with van der Waals surface area (Å²) in [5, 5.41) is 9.90. The average Bonchev–Trinajstić information content (AvgIpc) is 3.36. The predicted molar refractivity (Wildman–Crippen MR) is 142 cm³/mol. The third kappa shape index (κ3) is 7.69. The molecule has 0 aliphatic carbocycles. The van der Waals surface area contributed by atoms with Crippen LogP contribution in [-0.2, 0) is 19.1 Å². The molecule has 2 aliphatic rings. The lowest BCUT2D eigenvalue weighted by Gasteiger charge is -2.24. The summed E-state index contributed by atoms with van der Waals surface area (Å²) in [6, 6.07) is 10.9. The molecule has 2 atom stereocenters. The van der Waals surface area contributed by atoms with Crippen LogP contribution in [0.4, 0.5) is 4.39 Å². The highest BCUT2D eigenvalue weighted by molar-refractivity contribution is 5.95. The molecule has 2 bridgehead atoms. The van der Waals surface area contributed by atoms with E-state index in [0.717, 1.165) is 5.56 Å². The maximum atomic E-state index is 14.4. The zero-order valence-corrected chi connectivity index (χ0v) is 22.5. The number of hydrogen-bond donors (Lipinski definition) is 2. The van der Waals surface area contributed by atoms with E-state index in [9.17, 15) is 18.8 Å². The smallest absolute Gasteiger partial charge is 0.290 e. The lowest BCUT2D eigenvalue weighted by Crippen LogP contribution is -2.47. The molecule has 40 heavy (non-hydrogen) atoms. The number of hydrogen-bond acceptors (Lipinski definition) is 7. The first-order valence-electron chi connectivity index (χ1n) is 12.9. The van der Waals surface area contributed by atoms with E-state index in [0.29, 0.717) is 37.7 Å². The van der Waals surface area contributed by atoms with Gasteiger partial charge in [-0.1, -0.05) is 18.2 Å². The topological polar surface area (TPSA) is 135 Å². The minimum Gasteiger partial charge on any atom is -0.493 e. The van der Waals surface area contributed by atoms with E-state index < -0.39 is 17.8 Å². The fourth-order valence-corrected chi connectivity index (χ4v) is 4.73. The zero-order valence-electron chi connectivity index (χ0n) is 22.5. The van der Waals surface area contributed by atoms with Crippen molar-refractivity contribution in [2.24, 2.45) is 0 Å². The van der Waals surface area contributed by atoms with Crippen molar-refractivity contribution in [3.63, 3.8) is 0 Å². The van der Waals surface area contributed by atoms with Crippen LogP contribution in [0.3, 0.4) is 0 Å². The maximum Gasteiger partial charge on any atom is 0.290 e. The number of rotatable bonds is 5. The van der Waals surface area contributed by atoms with Crippen molar-refractivity contribution in [1.29, 1.82) is 0 Å². The highest BCUT2D eigenvalue weighted by Crippen LogP contribution is 2.35. The molecule has 2 aliphatic heterocycles. The van der Waals surface area contributed by atoms with Crippen LogP contribution in [0.15, 0.2) is 42.5 Å². The van der Waals surface area contributed by atoms with E-state index in [1.165, 1.54) is 23.1 Å². The second-order valence-electron chi connectivity index (χ2n) is 9.14. The van der Waals surface area contributed by atoms with Crippen molar-refractivity contribution in [2.45, 2.75) is 25.3 Å². The second kappa shape index (κ2) is 14.8. The molecule has 0 saturated carbocycles. The molecule has 12 heteroatoms. The number of nitrogens with one attached hydrogen (secondary N) is 1. The summed E-state index contributed by atoms with van der Waals surface area (Å²) in [5.74, 6) is -0.850. The third-order valence-corrected chi connectivity index (χ3v) is 6.62. The number of nitrogens with zero attached hydrogens (tertiary/aromatic N) is 2. The quantitative estimate of drug-likeness (QED) is 0.531. The summed E-state index contributed by atoms with van der Waals surface area (Å²) in [6.45, 7) is 2.77. The van der Waals surface area contributed by atoms with Gasteiger partial charge in [-0.25, -0.2) is 4.39 Å². The molecule has 3 amide bonds. The number of ether oxygens (including phenoxy) is 3. The number of amides is 3. The Morgan fingerprint density at radius 2 is 1.95 bits per heavy atom. The predicted octanol–water partition coefficient (Wildman–Crippen LogP) is 1.91. The lowest BCUT2D eigenvalue weighted by molar-refractivity contribution is -0.140. The SMILES string of the molecule is CCOCC(=O)N1CCCOc2cc(ccc2OC)[C@H]2CN(C(=O)c3ccccc3F)C[C@@H]2NC(=O)C1.O=CO. The van der Waals surface area contributed by atoms with Crippen molar-refractivity contribution in [1.82, 2.24) is 15.1 Å². The van der Waals surface area contributed by atoms with Gasteiger partial charge < -0.3 is 34.4 Å². The van der Waals surface area contributed by atoms with E-state index in [4.69, 9.17) is 24.1 Å². The van der Waals surface area contributed by atoms with Crippen LogP contribution in [0.25, 0.3) is 0 Å². The Hall–Kier alpha value is -4.19. The highest BCUT2D eigenvalue weighted by atomic mass is 19.1. The van der Waals surface area contributed by atoms with Gasteiger partial charge in [0.25, 0.3) is 12.4 Å². The molecule has 2 aromatic carbocycles. The molecule has 2 aromatic rings. The van der Waals surface area contributed by atoms with E-state index >= 15 is 0 Å². The van der Waals surface area contributed by atoms with Crippen LogP contribution in [0.5, 0.6) is 11.5 Å². The van der Waals surface area contributed by atoms with Crippen LogP contribution in [-0.4, -0.2) is 98.3 Å². The Bertz CT molecular complexity index is 1190. The van der Waals surface area contributed by atoms with Gasteiger partial charge in [-0.15, -0.1) is 0 Å². The zero-order chi connectivity index (χ0) is 29.1. The fourth-order valence-electron chi connectivity index (χ4n) is 4.73. The molecule has 0 spiro atoms. The number of likely N-dealkylation sites (tertiary alicyclic amines) is 1. The van der Waals surface area contributed by atoms with Crippen LogP contribution in [0.2, 0.25) is 0 Å². The minimum atomic E-state index is -0.595. The summed E-state index contributed by atoms with van der Waals surface area (Å²) in [5.41, 5.74) is 0.836. The van der Waals surface area contributed by atoms with Gasteiger partial charge in [-0.3, -0.25) is 19.2 Å². The van der Waals surface area contributed by atoms with Gasteiger partial charge in [0.05, 0.1) is 31.9 Å². The largest absolute Gasteiger partial charge is 0.493 e. The van der Waals surface area contributed by atoms with Gasteiger partial charge in [0.2, 0.25) is 11.8 Å². The number of carbonyl (C=O) groups is 4. The van der Waals surface area contributed by atoms with Gasteiger partial charge >= 0.3 is 0 Å². The van der Waals surface area contributed by atoms with Crippen LogP contribution >= 0.6 is 0 Å². The van der Waals surface area contributed by atoms with E-state index in [2.05, 4.69) is 5.32 Å². The van der Waals surface area contributed by atoms with Gasteiger partial charge in [0.15, 0.2) is 11.5 Å². The normalized spacial score (nSPS) is 18.8. The summed E-state index contributed by atoms with van der Waals surface area (Å²) >= 11 is 0. The first-order valence-corrected chi connectivity index (χ1v) is 12.9. The molecule has 4 rings (SSSR count). The van der Waals surface area contributed by atoms with Crippen molar-refractivity contribution in [2.75, 3.05) is 53.1 Å². The molecule has 2 heterocycles. The molecular weight excluding hydrogens is 525 g/mol. The number of methoxy groups -OCH3 is 1. The number of carboxylic acid groups (broad SMARTS) is 1. The van der Waals surface area contributed by atoms with Gasteiger partial charge in [0, 0.05) is 32.2 Å². The Balaban J connectivity index is 0.00000141. The van der Waals surface area contributed by atoms with Gasteiger partial charge in [-0.05, 0) is 43.2 Å². The lowest BCUT2D eigenvalue weighted by atomic mass is 9.94. The minimum absolute atomic E-state index is 0.0194. The summed E-state index contributed by atoms with van der Waals surface area (Å²) in [4.78, 5) is 50.3. The first-order chi connectivity index (χ1) is 19.3. The Morgan fingerprint density at radius 1 is 1.20 bits per heavy atom. The molecule has 1 saturated heterocycles. The van der Waals surface area contributed by atoms with Crippen LogP contribution < -0.4 is 14.8 Å². The molecule has 216 valence electrons. The van der Waals surface area contributed by atoms with Crippen molar-refractivity contribution < 1.29 is 42.9 Å². The van der Waals surface area contributed by atoms with Crippen LogP contribution in [0, 0.1) is 5.82 Å². The first kappa shape index (κ1) is 30.4.